The van der Waals surface area contributed by atoms with Crippen molar-refractivity contribution in [3.05, 3.63) is 24.2 Å². The lowest BCUT2D eigenvalue weighted by Crippen LogP contribution is -2.42. The normalized spacial score (nSPS) is 20.9. The standard InChI is InChI=1S/C18H28N4O3/c23-17(22-8-1-2-9-22)13-21-18(20-12-15-6-11-24-14-15)19-7-5-16-4-3-10-25-16/h3-4,10,15H,1-2,5-9,11-14H2,(H2,19,20,21). The first kappa shape index (κ1) is 17.8. The van der Waals surface area contributed by atoms with Crippen LogP contribution in [0.4, 0.5) is 0 Å². The van der Waals surface area contributed by atoms with Crippen molar-refractivity contribution >= 4 is 11.9 Å². The number of nitrogens with zero attached hydrogens (tertiary/aromatic N) is 2. The van der Waals surface area contributed by atoms with Crippen LogP contribution in [0.2, 0.25) is 0 Å². The maximum Gasteiger partial charge on any atom is 0.244 e. The second kappa shape index (κ2) is 9.46. The van der Waals surface area contributed by atoms with Gasteiger partial charge >= 0.3 is 0 Å². The molecular weight excluding hydrogens is 320 g/mol. The SMILES string of the molecule is O=C(CN=C(NCCc1ccco1)NCC1CCOC1)N1CCCC1. The molecule has 7 heteroatoms. The molecule has 3 heterocycles. The molecule has 0 bridgehead atoms. The van der Waals surface area contributed by atoms with Gasteiger partial charge in [0.15, 0.2) is 5.96 Å². The monoisotopic (exact) mass is 348 g/mol. The number of guanidine groups is 1. The Hall–Kier alpha value is -2.02. The molecule has 3 rings (SSSR count). The minimum atomic E-state index is 0.105. The Morgan fingerprint density at radius 1 is 1.32 bits per heavy atom. The van der Waals surface area contributed by atoms with Crippen LogP contribution >= 0.6 is 0 Å². The molecule has 0 spiro atoms. The van der Waals surface area contributed by atoms with Crippen molar-refractivity contribution < 1.29 is 13.9 Å². The topological polar surface area (TPSA) is 79.1 Å². The third-order valence-corrected chi connectivity index (χ3v) is 4.66. The average Bonchev–Trinajstić information content (AvgIpc) is 3.39. The number of hydrogen-bond donors (Lipinski definition) is 2. The first-order chi connectivity index (χ1) is 12.3. The zero-order valence-electron chi connectivity index (χ0n) is 14.7. The molecule has 1 aromatic heterocycles. The summed E-state index contributed by atoms with van der Waals surface area (Å²) in [6, 6.07) is 3.84. The van der Waals surface area contributed by atoms with Gasteiger partial charge in [0.25, 0.3) is 0 Å². The third kappa shape index (κ3) is 5.77. The zero-order valence-corrected chi connectivity index (χ0v) is 14.7. The molecule has 2 N–H and O–H groups in total. The number of amides is 1. The molecule has 1 amide bonds. The van der Waals surface area contributed by atoms with Gasteiger partial charge in [0.05, 0.1) is 12.9 Å². The molecule has 2 aliphatic rings. The molecule has 2 saturated heterocycles. The number of carbonyl (C=O) groups excluding carboxylic acids is 1. The Labute approximate surface area is 148 Å². The highest BCUT2D eigenvalue weighted by Gasteiger charge is 2.18. The molecule has 2 aliphatic heterocycles. The van der Waals surface area contributed by atoms with E-state index in [1.165, 1.54) is 0 Å². The van der Waals surface area contributed by atoms with Gasteiger partial charge in [-0.3, -0.25) is 4.79 Å². The van der Waals surface area contributed by atoms with E-state index in [1.54, 1.807) is 6.26 Å². The summed E-state index contributed by atoms with van der Waals surface area (Å²) in [7, 11) is 0. The van der Waals surface area contributed by atoms with E-state index in [1.807, 2.05) is 17.0 Å². The summed E-state index contributed by atoms with van der Waals surface area (Å²) in [4.78, 5) is 18.6. The van der Waals surface area contributed by atoms with Crippen LogP contribution in [0.15, 0.2) is 27.8 Å². The summed E-state index contributed by atoms with van der Waals surface area (Å²) in [5, 5.41) is 6.64. The van der Waals surface area contributed by atoms with Crippen molar-refractivity contribution in [2.75, 3.05) is 45.9 Å². The van der Waals surface area contributed by atoms with Crippen LogP contribution in [0.5, 0.6) is 0 Å². The molecule has 138 valence electrons. The van der Waals surface area contributed by atoms with E-state index in [-0.39, 0.29) is 12.5 Å². The number of rotatable bonds is 7. The van der Waals surface area contributed by atoms with E-state index in [4.69, 9.17) is 9.15 Å². The van der Waals surface area contributed by atoms with Crippen molar-refractivity contribution in [2.45, 2.75) is 25.7 Å². The van der Waals surface area contributed by atoms with E-state index in [0.717, 1.165) is 64.3 Å². The fraction of sp³-hybridized carbons (Fsp3) is 0.667. The summed E-state index contributed by atoms with van der Waals surface area (Å²) in [5.41, 5.74) is 0. The molecule has 7 nitrogen and oxygen atoms in total. The van der Waals surface area contributed by atoms with Gasteiger partial charge in [0.2, 0.25) is 5.91 Å². The highest BCUT2D eigenvalue weighted by atomic mass is 16.5. The maximum absolute atomic E-state index is 12.2. The Morgan fingerprint density at radius 2 is 2.20 bits per heavy atom. The molecule has 0 aromatic carbocycles. The summed E-state index contributed by atoms with van der Waals surface area (Å²) < 4.78 is 10.8. The predicted octanol–water partition coefficient (Wildman–Crippen LogP) is 1.02. The lowest BCUT2D eigenvalue weighted by Gasteiger charge is -2.16. The lowest BCUT2D eigenvalue weighted by molar-refractivity contribution is -0.128. The molecule has 2 fully saturated rings. The maximum atomic E-state index is 12.2. The first-order valence-electron chi connectivity index (χ1n) is 9.21. The summed E-state index contributed by atoms with van der Waals surface area (Å²) in [6.45, 7) is 5.06. The van der Waals surface area contributed by atoms with Crippen LogP contribution in [0, 0.1) is 5.92 Å². The second-order valence-corrected chi connectivity index (χ2v) is 6.62. The average molecular weight is 348 g/mol. The Balaban J connectivity index is 1.48. The van der Waals surface area contributed by atoms with Gasteiger partial charge < -0.3 is 24.7 Å². The third-order valence-electron chi connectivity index (χ3n) is 4.66. The molecule has 0 radical (unpaired) electrons. The Bertz CT molecular complexity index is 547. The van der Waals surface area contributed by atoms with Gasteiger partial charge in [-0.25, -0.2) is 4.99 Å². The predicted molar refractivity (Wildman–Crippen MR) is 95.5 cm³/mol. The highest BCUT2D eigenvalue weighted by molar-refractivity contribution is 5.85. The van der Waals surface area contributed by atoms with Crippen molar-refractivity contribution in [1.82, 2.24) is 15.5 Å². The lowest BCUT2D eigenvalue weighted by atomic mass is 10.1. The minimum absolute atomic E-state index is 0.105. The number of aliphatic imine (C=N–C) groups is 1. The Kier molecular flexibility index (Phi) is 6.73. The van der Waals surface area contributed by atoms with Crippen LogP contribution in [-0.4, -0.2) is 62.7 Å². The summed E-state index contributed by atoms with van der Waals surface area (Å²) >= 11 is 0. The molecule has 1 atom stereocenters. The van der Waals surface area contributed by atoms with Crippen LogP contribution in [0.3, 0.4) is 0 Å². The molecule has 0 aliphatic carbocycles. The van der Waals surface area contributed by atoms with E-state index >= 15 is 0 Å². The van der Waals surface area contributed by atoms with E-state index in [0.29, 0.717) is 18.4 Å². The van der Waals surface area contributed by atoms with Gasteiger partial charge in [0.1, 0.15) is 12.3 Å². The minimum Gasteiger partial charge on any atom is -0.469 e. The first-order valence-corrected chi connectivity index (χ1v) is 9.21. The molecular formula is C18H28N4O3. The smallest absolute Gasteiger partial charge is 0.244 e. The van der Waals surface area contributed by atoms with Gasteiger partial charge in [0, 0.05) is 45.1 Å². The fourth-order valence-electron chi connectivity index (χ4n) is 3.13. The quantitative estimate of drug-likeness (QED) is 0.568. The van der Waals surface area contributed by atoms with Crippen molar-refractivity contribution in [2.24, 2.45) is 10.9 Å². The van der Waals surface area contributed by atoms with Gasteiger partial charge in [-0.05, 0) is 31.4 Å². The van der Waals surface area contributed by atoms with Crippen LogP contribution < -0.4 is 10.6 Å². The zero-order chi connectivity index (χ0) is 17.3. The van der Waals surface area contributed by atoms with Crippen molar-refractivity contribution in [3.63, 3.8) is 0 Å². The Morgan fingerprint density at radius 3 is 2.92 bits per heavy atom. The second-order valence-electron chi connectivity index (χ2n) is 6.62. The number of likely N-dealkylation sites (tertiary alicyclic amines) is 1. The van der Waals surface area contributed by atoms with E-state index in [9.17, 15) is 4.79 Å². The van der Waals surface area contributed by atoms with Crippen LogP contribution in [0.1, 0.15) is 25.0 Å². The van der Waals surface area contributed by atoms with Gasteiger partial charge in [-0.15, -0.1) is 0 Å². The fourth-order valence-corrected chi connectivity index (χ4v) is 3.13. The largest absolute Gasteiger partial charge is 0.469 e. The summed E-state index contributed by atoms with van der Waals surface area (Å²) in [5.74, 6) is 2.23. The molecule has 1 unspecified atom stereocenters. The molecule has 25 heavy (non-hydrogen) atoms. The molecule has 1 aromatic rings. The van der Waals surface area contributed by atoms with E-state index < -0.39 is 0 Å². The highest BCUT2D eigenvalue weighted by Crippen LogP contribution is 2.10. The summed E-state index contributed by atoms with van der Waals surface area (Å²) in [6.07, 6.45) is 5.73. The van der Waals surface area contributed by atoms with E-state index in [2.05, 4.69) is 15.6 Å². The number of hydrogen-bond acceptors (Lipinski definition) is 4. The number of nitrogens with one attached hydrogen (secondary N) is 2. The number of ether oxygens (including phenoxy) is 1. The van der Waals surface area contributed by atoms with Crippen molar-refractivity contribution in [1.29, 1.82) is 0 Å². The molecule has 0 saturated carbocycles. The van der Waals surface area contributed by atoms with Crippen LogP contribution in [0.25, 0.3) is 0 Å². The van der Waals surface area contributed by atoms with Crippen molar-refractivity contribution in [3.8, 4) is 0 Å². The van der Waals surface area contributed by atoms with Crippen LogP contribution in [-0.2, 0) is 16.0 Å². The van der Waals surface area contributed by atoms with Gasteiger partial charge in [-0.2, -0.15) is 0 Å². The number of carbonyl (C=O) groups is 1. The van der Waals surface area contributed by atoms with Gasteiger partial charge in [-0.1, -0.05) is 0 Å². The number of furan rings is 1.